The molecule has 6 nitrogen and oxygen atoms in total. The number of halogens is 1. The van der Waals surface area contributed by atoms with Gasteiger partial charge in [-0.05, 0) is 37.1 Å². The van der Waals surface area contributed by atoms with Gasteiger partial charge in [0.15, 0.2) is 0 Å². The van der Waals surface area contributed by atoms with Crippen molar-refractivity contribution in [2.75, 3.05) is 18.4 Å². The van der Waals surface area contributed by atoms with E-state index in [1.807, 2.05) is 4.90 Å². The molecule has 0 fully saturated rings. The highest BCUT2D eigenvalue weighted by molar-refractivity contribution is 7.09. The average Bonchev–Trinajstić information content (AvgIpc) is 3.11. The summed E-state index contributed by atoms with van der Waals surface area (Å²) in [6.07, 6.45) is 1.86. The fraction of sp³-hybridized carbons (Fsp3) is 0.389. The van der Waals surface area contributed by atoms with Crippen molar-refractivity contribution in [3.63, 3.8) is 0 Å². The molecule has 1 aromatic heterocycles. The normalized spacial score (nSPS) is 10.1. The van der Waals surface area contributed by atoms with E-state index in [9.17, 15) is 9.59 Å². The molecule has 3 N–H and O–H groups in total. The first-order valence-electron chi connectivity index (χ1n) is 8.44. The maximum Gasteiger partial charge on any atom is 0.275 e. The molecule has 0 saturated heterocycles. The van der Waals surface area contributed by atoms with Gasteiger partial charge in [-0.3, -0.25) is 9.59 Å². The number of rotatable bonds is 8. The lowest BCUT2D eigenvalue weighted by molar-refractivity contribution is 0.0755. The molecule has 0 aliphatic heterocycles. The van der Waals surface area contributed by atoms with E-state index >= 15 is 0 Å². The molecule has 8 heteroatoms. The van der Waals surface area contributed by atoms with Crippen LogP contribution in [0.5, 0.6) is 0 Å². The van der Waals surface area contributed by atoms with Gasteiger partial charge in [0.1, 0.15) is 10.7 Å². The predicted octanol–water partition coefficient (Wildman–Crippen LogP) is 3.54. The Morgan fingerprint density at radius 2 is 1.77 bits per heavy atom. The van der Waals surface area contributed by atoms with Gasteiger partial charge in [-0.15, -0.1) is 23.7 Å². The monoisotopic (exact) mass is 396 g/mol. The van der Waals surface area contributed by atoms with Crippen LogP contribution >= 0.6 is 23.7 Å². The van der Waals surface area contributed by atoms with Crippen molar-refractivity contribution in [1.82, 2.24) is 9.88 Å². The Bertz CT molecular complexity index is 712. The van der Waals surface area contributed by atoms with E-state index in [1.54, 1.807) is 29.6 Å². The van der Waals surface area contributed by atoms with Gasteiger partial charge in [0.05, 0.1) is 0 Å². The lowest BCUT2D eigenvalue weighted by Crippen LogP contribution is -2.32. The molecule has 0 saturated carbocycles. The average molecular weight is 397 g/mol. The van der Waals surface area contributed by atoms with Crippen molar-refractivity contribution in [3.8, 4) is 0 Å². The van der Waals surface area contributed by atoms with Crippen LogP contribution in [0.15, 0.2) is 29.6 Å². The molecular weight excluding hydrogens is 372 g/mol. The molecule has 2 amide bonds. The number of carbonyl (C=O) groups excluding carboxylic acids is 2. The van der Waals surface area contributed by atoms with Crippen molar-refractivity contribution in [2.24, 2.45) is 5.73 Å². The SMILES string of the molecule is CCCN(CCC)C(=O)c1ccc(NC(=O)c2csc(CN)n2)cc1.Cl. The Morgan fingerprint density at radius 3 is 2.27 bits per heavy atom. The summed E-state index contributed by atoms with van der Waals surface area (Å²) in [5, 5.41) is 5.18. The van der Waals surface area contributed by atoms with Gasteiger partial charge in [0, 0.05) is 36.3 Å². The summed E-state index contributed by atoms with van der Waals surface area (Å²) >= 11 is 1.36. The quantitative estimate of drug-likeness (QED) is 0.714. The fourth-order valence-electron chi connectivity index (χ4n) is 2.44. The molecule has 2 rings (SSSR count). The number of amides is 2. The van der Waals surface area contributed by atoms with Gasteiger partial charge in [0.25, 0.3) is 11.8 Å². The maximum absolute atomic E-state index is 12.5. The Balaban J connectivity index is 0.00000338. The highest BCUT2D eigenvalue weighted by Gasteiger charge is 2.15. The van der Waals surface area contributed by atoms with E-state index in [0.717, 1.165) is 30.9 Å². The molecule has 0 spiro atoms. The lowest BCUT2D eigenvalue weighted by atomic mass is 10.1. The molecule has 2 aromatic rings. The number of hydrogen-bond acceptors (Lipinski definition) is 5. The van der Waals surface area contributed by atoms with Gasteiger partial charge in [-0.1, -0.05) is 13.8 Å². The van der Waals surface area contributed by atoms with Gasteiger partial charge in [-0.2, -0.15) is 0 Å². The van der Waals surface area contributed by atoms with Crippen LogP contribution in [-0.2, 0) is 6.54 Å². The zero-order chi connectivity index (χ0) is 18.2. The molecular formula is C18H25ClN4O2S. The molecule has 0 bridgehead atoms. The smallest absolute Gasteiger partial charge is 0.275 e. The third kappa shape index (κ3) is 5.79. The third-order valence-corrected chi connectivity index (χ3v) is 4.49. The molecule has 26 heavy (non-hydrogen) atoms. The summed E-state index contributed by atoms with van der Waals surface area (Å²) in [5.74, 6) is -0.262. The first-order chi connectivity index (χ1) is 12.1. The van der Waals surface area contributed by atoms with Crippen LogP contribution in [0.2, 0.25) is 0 Å². The highest BCUT2D eigenvalue weighted by atomic mass is 35.5. The molecule has 0 radical (unpaired) electrons. The predicted molar refractivity (Wildman–Crippen MR) is 108 cm³/mol. The number of nitrogens with one attached hydrogen (secondary N) is 1. The standard InChI is InChI=1S/C18H24N4O2S.ClH/c1-3-9-22(10-4-2)18(24)13-5-7-14(8-6-13)20-17(23)15-12-25-16(11-19)21-15;/h5-8,12H,3-4,9-11,19H2,1-2H3,(H,20,23);1H. The Morgan fingerprint density at radius 1 is 1.15 bits per heavy atom. The van der Waals surface area contributed by atoms with Gasteiger partial charge in [0.2, 0.25) is 0 Å². The van der Waals surface area contributed by atoms with Gasteiger partial charge < -0.3 is 16.0 Å². The number of anilines is 1. The topological polar surface area (TPSA) is 88.3 Å². The van der Waals surface area contributed by atoms with Crippen molar-refractivity contribution >= 4 is 41.2 Å². The van der Waals surface area contributed by atoms with E-state index in [0.29, 0.717) is 23.5 Å². The van der Waals surface area contributed by atoms with E-state index in [-0.39, 0.29) is 24.2 Å². The molecule has 0 aliphatic rings. The third-order valence-electron chi connectivity index (χ3n) is 3.62. The van der Waals surface area contributed by atoms with Crippen LogP contribution in [0.3, 0.4) is 0 Å². The summed E-state index contributed by atoms with van der Waals surface area (Å²) in [6, 6.07) is 6.94. The first-order valence-corrected chi connectivity index (χ1v) is 9.32. The first kappa shape index (κ1) is 22.1. The zero-order valence-electron chi connectivity index (χ0n) is 15.0. The number of nitrogens with zero attached hydrogens (tertiary/aromatic N) is 2. The van der Waals surface area contributed by atoms with Crippen molar-refractivity contribution in [3.05, 3.63) is 45.9 Å². The number of hydrogen-bond donors (Lipinski definition) is 2. The van der Waals surface area contributed by atoms with Crippen LogP contribution in [-0.4, -0.2) is 34.8 Å². The van der Waals surface area contributed by atoms with E-state index in [1.165, 1.54) is 11.3 Å². The zero-order valence-corrected chi connectivity index (χ0v) is 16.7. The summed E-state index contributed by atoms with van der Waals surface area (Å²) in [7, 11) is 0. The lowest BCUT2D eigenvalue weighted by Gasteiger charge is -2.21. The van der Waals surface area contributed by atoms with E-state index < -0.39 is 0 Å². The number of carbonyl (C=O) groups is 2. The number of benzene rings is 1. The minimum Gasteiger partial charge on any atom is -0.339 e. The minimum atomic E-state index is -0.284. The summed E-state index contributed by atoms with van der Waals surface area (Å²) in [4.78, 5) is 30.7. The minimum absolute atomic E-state index is 0. The number of thiazole rings is 1. The Labute approximate surface area is 164 Å². The summed E-state index contributed by atoms with van der Waals surface area (Å²) in [6.45, 7) is 5.93. The summed E-state index contributed by atoms with van der Waals surface area (Å²) < 4.78 is 0. The van der Waals surface area contributed by atoms with Crippen LogP contribution in [0, 0.1) is 0 Å². The molecule has 1 aromatic carbocycles. The number of nitrogens with two attached hydrogens (primary N) is 1. The molecule has 142 valence electrons. The second-order valence-electron chi connectivity index (χ2n) is 5.65. The van der Waals surface area contributed by atoms with Crippen LogP contribution < -0.4 is 11.1 Å². The van der Waals surface area contributed by atoms with E-state index in [4.69, 9.17) is 5.73 Å². The van der Waals surface area contributed by atoms with Crippen LogP contribution in [0.4, 0.5) is 5.69 Å². The fourth-order valence-corrected chi connectivity index (χ4v) is 3.09. The second-order valence-corrected chi connectivity index (χ2v) is 6.60. The van der Waals surface area contributed by atoms with Crippen LogP contribution in [0.25, 0.3) is 0 Å². The van der Waals surface area contributed by atoms with Crippen LogP contribution in [0.1, 0.15) is 52.5 Å². The van der Waals surface area contributed by atoms with Crippen molar-refractivity contribution in [1.29, 1.82) is 0 Å². The van der Waals surface area contributed by atoms with Gasteiger partial charge >= 0.3 is 0 Å². The van der Waals surface area contributed by atoms with Crippen molar-refractivity contribution in [2.45, 2.75) is 33.2 Å². The molecule has 0 atom stereocenters. The van der Waals surface area contributed by atoms with Crippen molar-refractivity contribution < 1.29 is 9.59 Å². The largest absolute Gasteiger partial charge is 0.339 e. The van der Waals surface area contributed by atoms with E-state index in [2.05, 4.69) is 24.1 Å². The molecule has 1 heterocycles. The maximum atomic E-state index is 12.5. The highest BCUT2D eigenvalue weighted by Crippen LogP contribution is 2.15. The second kappa shape index (κ2) is 10.9. The molecule has 0 aliphatic carbocycles. The summed E-state index contributed by atoms with van der Waals surface area (Å²) in [5.41, 5.74) is 7.11. The Kier molecular flexibility index (Phi) is 9.26. The molecule has 0 unspecified atom stereocenters. The Hall–Kier alpha value is -1.96. The number of aromatic nitrogens is 1. The van der Waals surface area contributed by atoms with Gasteiger partial charge in [-0.25, -0.2) is 4.98 Å².